The molecule has 1 aromatic rings. The third-order valence-electron chi connectivity index (χ3n) is 2.23. The minimum atomic E-state index is -1.68. The number of aliphatic hydroxyl groups is 1. The van der Waals surface area contributed by atoms with Gasteiger partial charge in [-0.3, -0.25) is 10.2 Å². The summed E-state index contributed by atoms with van der Waals surface area (Å²) in [6.07, 6.45) is 0. The first kappa shape index (κ1) is 8.90. The Balaban J connectivity index is 2.42. The first-order chi connectivity index (χ1) is 6.64. The molecule has 0 amide bonds. The van der Waals surface area contributed by atoms with Crippen LogP contribution in [0, 0.1) is 0 Å². The van der Waals surface area contributed by atoms with E-state index in [0.717, 1.165) is 0 Å². The highest BCUT2D eigenvalue weighted by Crippen LogP contribution is 2.23. The van der Waals surface area contributed by atoms with Gasteiger partial charge in [-0.15, -0.1) is 0 Å². The van der Waals surface area contributed by atoms with Gasteiger partial charge < -0.3 is 5.11 Å². The van der Waals surface area contributed by atoms with Crippen LogP contribution in [0.1, 0.15) is 12.5 Å². The molecule has 1 aromatic carbocycles. The second kappa shape index (κ2) is 2.92. The number of rotatable bonds is 1. The van der Waals surface area contributed by atoms with Crippen LogP contribution in [-0.2, 0) is 10.5 Å². The van der Waals surface area contributed by atoms with Crippen LogP contribution < -0.4 is 5.43 Å². The highest BCUT2D eigenvalue weighted by atomic mass is 16.3. The van der Waals surface area contributed by atoms with Gasteiger partial charge in [-0.05, 0) is 6.92 Å². The topological polar surface area (TPSA) is 61.7 Å². The van der Waals surface area contributed by atoms with Crippen LogP contribution in [-0.4, -0.2) is 16.6 Å². The monoisotopic (exact) mass is 190 g/mol. The molecule has 0 aromatic heterocycles. The zero-order valence-electron chi connectivity index (χ0n) is 7.69. The summed E-state index contributed by atoms with van der Waals surface area (Å²) in [6.45, 7) is 1.57. The molecule has 1 aliphatic rings. The van der Waals surface area contributed by atoms with Crippen molar-refractivity contribution in [1.29, 1.82) is 0 Å². The minimum absolute atomic E-state index is 0.288. The molecule has 4 nitrogen and oxygen atoms in total. The summed E-state index contributed by atoms with van der Waals surface area (Å²) in [7, 11) is 0. The fraction of sp³-hybridized carbons (Fsp3) is 0.200. The highest BCUT2D eigenvalue weighted by Gasteiger charge is 2.43. The Labute approximate surface area is 81.3 Å². The van der Waals surface area contributed by atoms with E-state index in [1.165, 1.54) is 0 Å². The molecule has 0 aliphatic carbocycles. The molecule has 0 saturated heterocycles. The third kappa shape index (κ3) is 1.12. The fourth-order valence-corrected chi connectivity index (χ4v) is 1.40. The fourth-order valence-electron chi connectivity index (χ4n) is 1.40. The van der Waals surface area contributed by atoms with Crippen molar-refractivity contribution in [2.45, 2.75) is 12.6 Å². The van der Waals surface area contributed by atoms with Crippen molar-refractivity contribution in [2.75, 3.05) is 0 Å². The van der Waals surface area contributed by atoms with E-state index in [4.69, 9.17) is 0 Å². The number of nitrogens with one attached hydrogen (secondary N) is 1. The van der Waals surface area contributed by atoms with Gasteiger partial charge in [0.2, 0.25) is 11.5 Å². The van der Waals surface area contributed by atoms with Crippen LogP contribution in [0.25, 0.3) is 0 Å². The summed E-state index contributed by atoms with van der Waals surface area (Å²) >= 11 is 0. The van der Waals surface area contributed by atoms with E-state index < -0.39 is 11.5 Å². The van der Waals surface area contributed by atoms with Crippen LogP contribution in [0.5, 0.6) is 0 Å². The second-order valence-electron chi connectivity index (χ2n) is 3.21. The second-order valence-corrected chi connectivity index (χ2v) is 3.21. The molecule has 0 spiro atoms. The number of benzene rings is 1. The zero-order chi connectivity index (χ0) is 10.2. The van der Waals surface area contributed by atoms with Crippen molar-refractivity contribution in [3.63, 3.8) is 0 Å². The van der Waals surface area contributed by atoms with Gasteiger partial charge in [-0.2, -0.15) is 5.10 Å². The summed E-state index contributed by atoms with van der Waals surface area (Å²) in [5.74, 6) is -0.399. The van der Waals surface area contributed by atoms with E-state index in [1.54, 1.807) is 31.2 Å². The number of carbonyl (C=O) groups excluding carboxylic acids is 1. The lowest BCUT2D eigenvalue weighted by molar-refractivity contribution is -0.132. The average molecular weight is 190 g/mol. The van der Waals surface area contributed by atoms with Gasteiger partial charge in [0, 0.05) is 5.56 Å². The van der Waals surface area contributed by atoms with E-state index in [9.17, 15) is 9.90 Å². The zero-order valence-corrected chi connectivity index (χ0v) is 7.69. The molecule has 2 N–H and O–H groups in total. The highest BCUT2D eigenvalue weighted by molar-refractivity contribution is 6.42. The van der Waals surface area contributed by atoms with Gasteiger partial charge in [0.05, 0.1) is 0 Å². The van der Waals surface area contributed by atoms with Crippen LogP contribution in [0.15, 0.2) is 35.4 Å². The summed E-state index contributed by atoms with van der Waals surface area (Å²) in [4.78, 5) is 11.6. The number of ketones is 1. The summed E-state index contributed by atoms with van der Waals surface area (Å²) in [5, 5.41) is 13.7. The number of nitrogens with zero attached hydrogens (tertiary/aromatic N) is 1. The van der Waals surface area contributed by atoms with Crippen LogP contribution in [0.3, 0.4) is 0 Å². The minimum Gasteiger partial charge on any atom is -0.360 e. The summed E-state index contributed by atoms with van der Waals surface area (Å²) in [6, 6.07) is 8.70. The predicted molar refractivity (Wildman–Crippen MR) is 51.6 cm³/mol. The van der Waals surface area contributed by atoms with Crippen molar-refractivity contribution in [3.8, 4) is 0 Å². The summed E-state index contributed by atoms with van der Waals surface area (Å²) < 4.78 is 0. The number of carbonyl (C=O) groups is 1. The molecule has 2 rings (SSSR count). The van der Waals surface area contributed by atoms with E-state index in [0.29, 0.717) is 5.56 Å². The number of hydrogen-bond donors (Lipinski definition) is 2. The Kier molecular flexibility index (Phi) is 1.86. The molecular formula is C10H10N2O2. The van der Waals surface area contributed by atoms with Crippen molar-refractivity contribution < 1.29 is 9.90 Å². The lowest BCUT2D eigenvalue weighted by atomic mass is 9.98. The largest absolute Gasteiger partial charge is 0.360 e. The van der Waals surface area contributed by atoms with Gasteiger partial charge in [-0.25, -0.2) is 0 Å². The Hall–Kier alpha value is -1.68. The normalized spacial score (nSPS) is 25.9. The lowest BCUT2D eigenvalue weighted by Gasteiger charge is -2.20. The van der Waals surface area contributed by atoms with Gasteiger partial charge in [-0.1, -0.05) is 30.3 Å². The molecule has 72 valence electrons. The van der Waals surface area contributed by atoms with Crippen LogP contribution in [0.4, 0.5) is 0 Å². The van der Waals surface area contributed by atoms with Crippen LogP contribution in [0.2, 0.25) is 0 Å². The van der Waals surface area contributed by atoms with Crippen molar-refractivity contribution in [3.05, 3.63) is 35.9 Å². The number of hydrazone groups is 1. The van der Waals surface area contributed by atoms with Crippen molar-refractivity contribution in [1.82, 2.24) is 5.43 Å². The SMILES string of the molecule is CC1=NNC(O)(c2ccccc2)C1=O. The maximum atomic E-state index is 11.6. The maximum absolute atomic E-state index is 11.6. The molecule has 4 heteroatoms. The molecule has 0 bridgehead atoms. The Bertz CT molecular complexity index is 400. The summed E-state index contributed by atoms with van der Waals surface area (Å²) in [5.41, 5.74) is 1.56. The molecule has 1 unspecified atom stereocenters. The molecule has 0 saturated carbocycles. The predicted octanol–water partition coefficient (Wildman–Crippen LogP) is 0.380. The van der Waals surface area contributed by atoms with E-state index in [1.807, 2.05) is 6.07 Å². The third-order valence-corrected chi connectivity index (χ3v) is 2.23. The maximum Gasteiger partial charge on any atom is 0.243 e. The Morgan fingerprint density at radius 2 is 2.00 bits per heavy atom. The van der Waals surface area contributed by atoms with Crippen molar-refractivity contribution in [2.24, 2.45) is 5.10 Å². The lowest BCUT2D eigenvalue weighted by Crippen LogP contribution is -2.43. The molecule has 0 radical (unpaired) electrons. The average Bonchev–Trinajstić information content (AvgIpc) is 2.49. The smallest absolute Gasteiger partial charge is 0.243 e. The quantitative estimate of drug-likeness (QED) is 0.673. The Morgan fingerprint density at radius 3 is 2.50 bits per heavy atom. The van der Waals surface area contributed by atoms with E-state index in [-0.39, 0.29) is 5.71 Å². The van der Waals surface area contributed by atoms with E-state index >= 15 is 0 Å². The van der Waals surface area contributed by atoms with E-state index in [2.05, 4.69) is 10.5 Å². The first-order valence-corrected chi connectivity index (χ1v) is 4.29. The molecule has 1 aliphatic heterocycles. The van der Waals surface area contributed by atoms with Gasteiger partial charge in [0.25, 0.3) is 0 Å². The molecule has 1 heterocycles. The molecular weight excluding hydrogens is 180 g/mol. The number of hydrogen-bond acceptors (Lipinski definition) is 4. The van der Waals surface area contributed by atoms with Gasteiger partial charge in [0.15, 0.2) is 0 Å². The molecule has 1 atom stereocenters. The molecule has 14 heavy (non-hydrogen) atoms. The number of Topliss-reactive ketones (excluding diaryl/α,β-unsaturated/α-hetero) is 1. The van der Waals surface area contributed by atoms with Gasteiger partial charge in [0.1, 0.15) is 5.71 Å². The standard InChI is InChI=1S/C10H10N2O2/c1-7-9(13)10(14,12-11-7)8-5-3-2-4-6-8/h2-6,12,14H,1H3. The first-order valence-electron chi connectivity index (χ1n) is 4.29. The van der Waals surface area contributed by atoms with Crippen LogP contribution >= 0.6 is 0 Å². The van der Waals surface area contributed by atoms with Gasteiger partial charge >= 0.3 is 0 Å². The Morgan fingerprint density at radius 1 is 1.36 bits per heavy atom. The molecule has 0 fully saturated rings. The van der Waals surface area contributed by atoms with Crippen molar-refractivity contribution >= 4 is 11.5 Å².